The van der Waals surface area contributed by atoms with Crippen LogP contribution in [0.4, 0.5) is 0 Å². The monoisotopic (exact) mass is 343 g/mol. The molecule has 6 heteroatoms. The molecular weight excluding hydrogens is 322 g/mol. The number of amides is 2. The van der Waals surface area contributed by atoms with Gasteiger partial charge in [-0.15, -0.1) is 11.3 Å². The predicted octanol–water partition coefficient (Wildman–Crippen LogP) is 2.16. The van der Waals surface area contributed by atoms with Crippen molar-refractivity contribution in [1.82, 2.24) is 16.0 Å². The molecule has 1 saturated heterocycles. The summed E-state index contributed by atoms with van der Waals surface area (Å²) in [6.07, 6.45) is 1.94. The van der Waals surface area contributed by atoms with Gasteiger partial charge >= 0.3 is 0 Å². The molecule has 5 nitrogen and oxygen atoms in total. The van der Waals surface area contributed by atoms with Gasteiger partial charge in [0.15, 0.2) is 0 Å². The summed E-state index contributed by atoms with van der Waals surface area (Å²) in [4.78, 5) is 24.9. The largest absolute Gasteiger partial charge is 0.349 e. The van der Waals surface area contributed by atoms with Gasteiger partial charge in [-0.2, -0.15) is 0 Å². The van der Waals surface area contributed by atoms with Gasteiger partial charge in [-0.3, -0.25) is 9.59 Å². The fourth-order valence-electron chi connectivity index (χ4n) is 2.69. The molecule has 2 heterocycles. The molecule has 24 heavy (non-hydrogen) atoms. The number of hydrogen-bond acceptors (Lipinski definition) is 4. The smallest absolute Gasteiger partial charge is 0.261 e. The van der Waals surface area contributed by atoms with E-state index < -0.39 is 0 Å². The van der Waals surface area contributed by atoms with Gasteiger partial charge in [0, 0.05) is 18.2 Å². The molecule has 0 spiro atoms. The Morgan fingerprint density at radius 3 is 2.50 bits per heavy atom. The molecule has 0 saturated carbocycles. The zero-order valence-corrected chi connectivity index (χ0v) is 14.2. The van der Waals surface area contributed by atoms with E-state index in [9.17, 15) is 9.59 Å². The van der Waals surface area contributed by atoms with Crippen LogP contribution in [0.15, 0.2) is 41.8 Å². The molecule has 1 fully saturated rings. The number of thiophene rings is 1. The first-order valence-electron chi connectivity index (χ1n) is 8.14. The van der Waals surface area contributed by atoms with E-state index in [4.69, 9.17) is 0 Å². The average molecular weight is 343 g/mol. The zero-order valence-electron chi connectivity index (χ0n) is 13.4. The van der Waals surface area contributed by atoms with E-state index >= 15 is 0 Å². The molecule has 2 aromatic rings. The van der Waals surface area contributed by atoms with Gasteiger partial charge in [0.1, 0.15) is 0 Å². The van der Waals surface area contributed by atoms with Crippen molar-refractivity contribution in [2.45, 2.75) is 25.4 Å². The Bertz CT molecular complexity index is 677. The summed E-state index contributed by atoms with van der Waals surface area (Å²) in [7, 11) is 0. The maximum absolute atomic E-state index is 12.2. The molecule has 2 amide bonds. The van der Waals surface area contributed by atoms with Crippen molar-refractivity contribution in [2.24, 2.45) is 0 Å². The molecule has 1 aliphatic rings. The van der Waals surface area contributed by atoms with E-state index in [0.717, 1.165) is 31.5 Å². The summed E-state index contributed by atoms with van der Waals surface area (Å²) in [5, 5.41) is 11.1. The summed E-state index contributed by atoms with van der Waals surface area (Å²) in [6, 6.07) is 11.3. The molecule has 126 valence electrons. The van der Waals surface area contributed by atoms with Crippen molar-refractivity contribution < 1.29 is 9.59 Å². The van der Waals surface area contributed by atoms with Gasteiger partial charge in [-0.05, 0) is 55.1 Å². The molecule has 0 atom stereocenters. The molecule has 1 aromatic carbocycles. The fraction of sp³-hybridized carbons (Fsp3) is 0.333. The second kappa shape index (κ2) is 8.08. The molecule has 1 aliphatic heterocycles. The number of piperidine rings is 1. The highest BCUT2D eigenvalue weighted by Gasteiger charge is 2.16. The van der Waals surface area contributed by atoms with Crippen molar-refractivity contribution in [2.75, 3.05) is 13.1 Å². The molecule has 0 bridgehead atoms. The maximum atomic E-state index is 12.2. The first kappa shape index (κ1) is 16.7. The number of benzene rings is 1. The van der Waals surface area contributed by atoms with Crippen LogP contribution in [0.2, 0.25) is 0 Å². The Balaban J connectivity index is 1.51. The van der Waals surface area contributed by atoms with Crippen molar-refractivity contribution in [3.8, 4) is 0 Å². The van der Waals surface area contributed by atoms with Gasteiger partial charge in [0.2, 0.25) is 0 Å². The van der Waals surface area contributed by atoms with E-state index in [0.29, 0.717) is 17.0 Å². The van der Waals surface area contributed by atoms with E-state index in [2.05, 4.69) is 16.0 Å². The van der Waals surface area contributed by atoms with Crippen LogP contribution in [0.25, 0.3) is 0 Å². The van der Waals surface area contributed by atoms with E-state index in [1.165, 1.54) is 11.3 Å². The molecule has 3 rings (SSSR count). The van der Waals surface area contributed by atoms with Crippen molar-refractivity contribution >= 4 is 23.2 Å². The zero-order chi connectivity index (χ0) is 16.8. The minimum absolute atomic E-state index is 0.0314. The summed E-state index contributed by atoms with van der Waals surface area (Å²) in [5.74, 6) is -0.103. The Hall–Kier alpha value is -2.18. The average Bonchev–Trinajstić information content (AvgIpc) is 3.16. The maximum Gasteiger partial charge on any atom is 0.261 e. The Morgan fingerprint density at radius 2 is 1.83 bits per heavy atom. The Labute approximate surface area is 145 Å². The standard InChI is InChI=1S/C18H21N3O2S/c22-17(21-15-7-9-19-10-8-15)14-5-3-13(4-6-14)12-20-18(23)16-2-1-11-24-16/h1-6,11,15,19H,7-10,12H2,(H,20,23)(H,21,22). The van der Waals surface area contributed by atoms with Gasteiger partial charge in [-0.1, -0.05) is 18.2 Å². The number of rotatable bonds is 5. The van der Waals surface area contributed by atoms with E-state index in [-0.39, 0.29) is 17.9 Å². The second-order valence-corrected chi connectivity index (χ2v) is 6.80. The highest BCUT2D eigenvalue weighted by molar-refractivity contribution is 7.12. The van der Waals surface area contributed by atoms with Crippen LogP contribution in [-0.4, -0.2) is 30.9 Å². The molecule has 0 aliphatic carbocycles. The van der Waals surface area contributed by atoms with Crippen LogP contribution in [0.1, 0.15) is 38.4 Å². The molecule has 0 radical (unpaired) electrons. The van der Waals surface area contributed by atoms with Crippen LogP contribution >= 0.6 is 11.3 Å². The van der Waals surface area contributed by atoms with Gasteiger partial charge in [0.25, 0.3) is 11.8 Å². The molecule has 1 aromatic heterocycles. The third-order valence-electron chi connectivity index (χ3n) is 4.09. The second-order valence-electron chi connectivity index (χ2n) is 5.85. The normalized spacial score (nSPS) is 15.0. The first-order chi connectivity index (χ1) is 11.7. The SMILES string of the molecule is O=C(NC1CCNCC1)c1ccc(CNC(=O)c2cccs2)cc1. The number of nitrogens with one attached hydrogen (secondary N) is 3. The van der Waals surface area contributed by atoms with E-state index in [1.807, 2.05) is 35.7 Å². The summed E-state index contributed by atoms with van der Waals surface area (Å²) in [5.41, 5.74) is 1.63. The third-order valence-corrected chi connectivity index (χ3v) is 4.96. The van der Waals surface area contributed by atoms with E-state index in [1.54, 1.807) is 6.07 Å². The highest BCUT2D eigenvalue weighted by atomic mass is 32.1. The predicted molar refractivity (Wildman–Crippen MR) is 95.3 cm³/mol. The molecule has 3 N–H and O–H groups in total. The fourth-order valence-corrected chi connectivity index (χ4v) is 3.33. The van der Waals surface area contributed by atoms with Crippen molar-refractivity contribution in [3.05, 3.63) is 57.8 Å². The van der Waals surface area contributed by atoms with Gasteiger partial charge < -0.3 is 16.0 Å². The molecular formula is C18H21N3O2S. The van der Waals surface area contributed by atoms with Crippen LogP contribution in [0.3, 0.4) is 0 Å². The highest BCUT2D eigenvalue weighted by Crippen LogP contribution is 2.10. The number of hydrogen-bond donors (Lipinski definition) is 3. The summed E-state index contributed by atoms with van der Waals surface area (Å²) < 4.78 is 0. The lowest BCUT2D eigenvalue weighted by Gasteiger charge is -2.23. The van der Waals surface area contributed by atoms with Crippen LogP contribution in [0, 0.1) is 0 Å². The van der Waals surface area contributed by atoms with Gasteiger partial charge in [-0.25, -0.2) is 0 Å². The first-order valence-corrected chi connectivity index (χ1v) is 9.02. The quantitative estimate of drug-likeness (QED) is 0.779. The topological polar surface area (TPSA) is 70.2 Å². The van der Waals surface area contributed by atoms with Crippen LogP contribution in [-0.2, 0) is 6.54 Å². The summed E-state index contributed by atoms with van der Waals surface area (Å²) in [6.45, 7) is 2.36. The van der Waals surface area contributed by atoms with Crippen LogP contribution in [0.5, 0.6) is 0 Å². The number of carbonyl (C=O) groups excluding carboxylic acids is 2. The van der Waals surface area contributed by atoms with Crippen LogP contribution < -0.4 is 16.0 Å². The Kier molecular flexibility index (Phi) is 5.61. The summed E-state index contributed by atoms with van der Waals surface area (Å²) >= 11 is 1.42. The lowest BCUT2D eigenvalue weighted by molar-refractivity contribution is 0.0926. The lowest BCUT2D eigenvalue weighted by atomic mass is 10.1. The number of carbonyl (C=O) groups is 2. The Morgan fingerprint density at radius 1 is 1.08 bits per heavy atom. The lowest BCUT2D eigenvalue weighted by Crippen LogP contribution is -2.42. The minimum Gasteiger partial charge on any atom is -0.349 e. The third kappa shape index (κ3) is 4.43. The van der Waals surface area contributed by atoms with Gasteiger partial charge in [0.05, 0.1) is 4.88 Å². The minimum atomic E-state index is -0.0715. The molecule has 0 unspecified atom stereocenters. The van der Waals surface area contributed by atoms with Crippen molar-refractivity contribution in [3.63, 3.8) is 0 Å². The van der Waals surface area contributed by atoms with Crippen molar-refractivity contribution in [1.29, 1.82) is 0 Å².